The minimum absolute atomic E-state index is 0.0586. The molecule has 0 aliphatic carbocycles. The van der Waals surface area contributed by atoms with E-state index in [1.807, 2.05) is 40.8 Å². The average molecular weight is 347 g/mol. The van der Waals surface area contributed by atoms with Crippen LogP contribution in [0.25, 0.3) is 11.4 Å². The van der Waals surface area contributed by atoms with Crippen LogP contribution < -0.4 is 5.32 Å². The van der Waals surface area contributed by atoms with Crippen molar-refractivity contribution in [2.75, 3.05) is 26.2 Å². The molecule has 1 aromatic carbocycles. The summed E-state index contributed by atoms with van der Waals surface area (Å²) in [4.78, 5) is 15.9. The number of benzene rings is 1. The van der Waals surface area contributed by atoms with Gasteiger partial charge in [0.1, 0.15) is 5.82 Å². The van der Waals surface area contributed by atoms with Crippen LogP contribution in [-0.2, 0) is 13.6 Å². The zero-order chi connectivity index (χ0) is 16.7. The smallest absolute Gasteiger partial charge is 0.317 e. The molecule has 1 N–H and O–H groups in total. The second kappa shape index (κ2) is 6.07. The molecule has 7 nitrogen and oxygen atoms in total. The first-order chi connectivity index (χ1) is 11.6. The van der Waals surface area contributed by atoms with Crippen LogP contribution in [0.4, 0.5) is 4.79 Å². The minimum Gasteiger partial charge on any atom is -0.336 e. The Morgan fingerprint density at radius 1 is 1.25 bits per heavy atom. The summed E-state index contributed by atoms with van der Waals surface area (Å²) in [5.41, 5.74) is 0.996. The molecule has 1 aromatic heterocycles. The van der Waals surface area contributed by atoms with Crippen LogP contribution in [0.1, 0.15) is 5.82 Å². The number of amides is 2. The van der Waals surface area contributed by atoms with E-state index in [4.69, 9.17) is 11.6 Å². The number of urea groups is 1. The first-order valence-electron chi connectivity index (χ1n) is 8.03. The summed E-state index contributed by atoms with van der Waals surface area (Å²) in [7, 11) is 1.98. The Kier molecular flexibility index (Phi) is 3.90. The highest BCUT2D eigenvalue weighted by Gasteiger charge is 2.36. The Hall–Kier alpha value is -2.12. The van der Waals surface area contributed by atoms with E-state index in [0.29, 0.717) is 11.1 Å². The molecule has 0 bridgehead atoms. The summed E-state index contributed by atoms with van der Waals surface area (Å²) in [6, 6.07) is 7.97. The lowest BCUT2D eigenvalue weighted by Crippen LogP contribution is -2.59. The number of nitrogens with zero attached hydrogens (tertiary/aromatic N) is 5. The quantitative estimate of drug-likeness (QED) is 0.907. The molecule has 24 heavy (non-hydrogen) atoms. The summed E-state index contributed by atoms with van der Waals surface area (Å²) in [5, 5.41) is 12.2. The van der Waals surface area contributed by atoms with Crippen LogP contribution in [0.15, 0.2) is 24.3 Å². The number of hydrogen-bond donors (Lipinski definition) is 1. The predicted octanol–water partition coefficient (Wildman–Crippen LogP) is 1.34. The maximum Gasteiger partial charge on any atom is 0.317 e. The number of nitrogens with one attached hydrogen (secondary N) is 1. The molecular weight excluding hydrogens is 328 g/mol. The van der Waals surface area contributed by atoms with Gasteiger partial charge in [0, 0.05) is 43.8 Å². The highest BCUT2D eigenvalue weighted by atomic mass is 35.5. The Bertz CT molecular complexity index is 752. The van der Waals surface area contributed by atoms with E-state index in [-0.39, 0.29) is 6.03 Å². The molecule has 0 saturated carbocycles. The van der Waals surface area contributed by atoms with Gasteiger partial charge >= 0.3 is 6.03 Å². The molecule has 0 atom stereocenters. The molecule has 2 saturated heterocycles. The Morgan fingerprint density at radius 3 is 2.67 bits per heavy atom. The van der Waals surface area contributed by atoms with E-state index in [1.54, 1.807) is 0 Å². The molecule has 0 spiro atoms. The van der Waals surface area contributed by atoms with Gasteiger partial charge in [-0.2, -0.15) is 0 Å². The van der Waals surface area contributed by atoms with Crippen molar-refractivity contribution in [1.29, 1.82) is 0 Å². The number of hydrogen-bond acceptors (Lipinski definition) is 4. The van der Waals surface area contributed by atoms with E-state index in [0.717, 1.165) is 49.9 Å². The van der Waals surface area contributed by atoms with Crippen LogP contribution in [-0.4, -0.2) is 62.8 Å². The van der Waals surface area contributed by atoms with Crippen LogP contribution in [0.2, 0.25) is 5.02 Å². The maximum atomic E-state index is 11.7. The number of likely N-dealkylation sites (tertiary alicyclic amines) is 1. The molecule has 2 aliphatic rings. The molecule has 2 fully saturated rings. The monoisotopic (exact) mass is 346 g/mol. The van der Waals surface area contributed by atoms with Crippen LogP contribution in [0.5, 0.6) is 0 Å². The Morgan fingerprint density at radius 2 is 2.00 bits per heavy atom. The summed E-state index contributed by atoms with van der Waals surface area (Å²) < 4.78 is 2.01. The van der Waals surface area contributed by atoms with E-state index in [2.05, 4.69) is 20.4 Å². The summed E-state index contributed by atoms with van der Waals surface area (Å²) >= 11 is 5.94. The van der Waals surface area contributed by atoms with E-state index >= 15 is 0 Å². The van der Waals surface area contributed by atoms with Crippen LogP contribution in [0, 0.1) is 0 Å². The van der Waals surface area contributed by atoms with Gasteiger partial charge in [0.25, 0.3) is 0 Å². The van der Waals surface area contributed by atoms with Crippen molar-refractivity contribution in [2.24, 2.45) is 7.05 Å². The van der Waals surface area contributed by atoms with E-state index in [9.17, 15) is 4.79 Å². The zero-order valence-electron chi connectivity index (χ0n) is 13.4. The Balaban J connectivity index is 1.40. The molecule has 2 aliphatic heterocycles. The summed E-state index contributed by atoms with van der Waals surface area (Å²) in [6.45, 7) is 4.07. The maximum absolute atomic E-state index is 11.7. The topological polar surface area (TPSA) is 66.3 Å². The van der Waals surface area contributed by atoms with Gasteiger partial charge in [-0.1, -0.05) is 11.6 Å². The molecule has 0 unspecified atom stereocenters. The third kappa shape index (κ3) is 2.74. The zero-order valence-corrected chi connectivity index (χ0v) is 14.2. The van der Waals surface area contributed by atoms with Crippen molar-refractivity contribution in [3.8, 4) is 11.4 Å². The second-order valence-electron chi connectivity index (χ2n) is 6.28. The fourth-order valence-corrected chi connectivity index (χ4v) is 3.38. The van der Waals surface area contributed by atoms with Gasteiger partial charge < -0.3 is 14.8 Å². The molecule has 2 amide bonds. The van der Waals surface area contributed by atoms with E-state index in [1.165, 1.54) is 0 Å². The summed E-state index contributed by atoms with van der Waals surface area (Å²) in [6.07, 6.45) is 0. The number of aromatic nitrogens is 3. The number of halogens is 1. The number of carbonyl (C=O) groups excluding carboxylic acids is 1. The van der Waals surface area contributed by atoms with E-state index < -0.39 is 0 Å². The van der Waals surface area contributed by atoms with Gasteiger partial charge in [-0.25, -0.2) is 4.79 Å². The highest BCUT2D eigenvalue weighted by Crippen LogP contribution is 2.22. The van der Waals surface area contributed by atoms with Gasteiger partial charge in [-0.05, 0) is 24.3 Å². The largest absolute Gasteiger partial charge is 0.336 e. The van der Waals surface area contributed by atoms with Gasteiger partial charge in [0.05, 0.1) is 12.6 Å². The molecule has 126 valence electrons. The third-order valence-corrected chi connectivity index (χ3v) is 4.95. The van der Waals surface area contributed by atoms with Gasteiger partial charge in [-0.3, -0.25) is 4.90 Å². The first-order valence-corrected chi connectivity index (χ1v) is 8.40. The number of rotatable bonds is 4. The van der Waals surface area contributed by atoms with Gasteiger partial charge in [-0.15, -0.1) is 10.2 Å². The predicted molar refractivity (Wildman–Crippen MR) is 90.6 cm³/mol. The lowest BCUT2D eigenvalue weighted by atomic mass is 10.1. The summed E-state index contributed by atoms with van der Waals surface area (Å²) in [5.74, 6) is 1.75. The lowest BCUT2D eigenvalue weighted by Gasteiger charge is -2.43. The Labute approximate surface area is 145 Å². The molecule has 8 heteroatoms. The molecule has 0 radical (unpaired) electrons. The third-order valence-electron chi connectivity index (χ3n) is 4.70. The lowest BCUT2D eigenvalue weighted by molar-refractivity contribution is 0.0562. The van der Waals surface area contributed by atoms with Crippen molar-refractivity contribution in [3.05, 3.63) is 35.1 Å². The van der Waals surface area contributed by atoms with Crippen molar-refractivity contribution in [3.63, 3.8) is 0 Å². The molecule has 4 rings (SSSR count). The van der Waals surface area contributed by atoms with Crippen LogP contribution in [0.3, 0.4) is 0 Å². The average Bonchev–Trinajstić information content (AvgIpc) is 3.10. The molecular formula is C16H19ClN6O. The van der Waals surface area contributed by atoms with Crippen molar-refractivity contribution in [1.82, 2.24) is 29.9 Å². The first kappa shape index (κ1) is 15.4. The fraction of sp³-hybridized carbons (Fsp3) is 0.438. The molecule has 2 aromatic rings. The second-order valence-corrected chi connectivity index (χ2v) is 6.72. The number of carbonyl (C=O) groups is 1. The van der Waals surface area contributed by atoms with Crippen molar-refractivity contribution >= 4 is 17.6 Å². The highest BCUT2D eigenvalue weighted by molar-refractivity contribution is 6.30. The van der Waals surface area contributed by atoms with Gasteiger partial charge in [0.2, 0.25) is 0 Å². The van der Waals surface area contributed by atoms with Gasteiger partial charge in [0.15, 0.2) is 5.82 Å². The molecule has 3 heterocycles. The SMILES string of the molecule is Cn1c(CN2CC(N3CCNC3=O)C2)nnc1-c1ccc(Cl)cc1. The van der Waals surface area contributed by atoms with Crippen LogP contribution >= 0.6 is 11.6 Å². The minimum atomic E-state index is 0.0586. The standard InChI is InChI=1S/C16H19ClN6O/c1-21-14(19-20-15(21)11-2-4-12(17)5-3-11)10-22-8-13(9-22)23-7-6-18-16(23)24/h2-5,13H,6-10H2,1H3,(H,18,24). The van der Waals surface area contributed by atoms with Crippen molar-refractivity contribution < 1.29 is 4.79 Å². The normalized spacial score (nSPS) is 18.8. The fourth-order valence-electron chi connectivity index (χ4n) is 3.25. The van der Waals surface area contributed by atoms with Crippen molar-refractivity contribution in [2.45, 2.75) is 12.6 Å².